The topological polar surface area (TPSA) is 97.0 Å². The number of hydrogen-bond acceptors (Lipinski definition) is 5. The Morgan fingerprint density at radius 1 is 1.21 bits per heavy atom. The van der Waals surface area contributed by atoms with Gasteiger partial charge in [0.1, 0.15) is 12.4 Å². The highest BCUT2D eigenvalue weighted by Crippen LogP contribution is 2.23. The van der Waals surface area contributed by atoms with E-state index in [1.165, 1.54) is 30.2 Å². The van der Waals surface area contributed by atoms with Gasteiger partial charge in [0.25, 0.3) is 11.8 Å². The standard InChI is InChI=1S/C24H27ClFN3O5/c1-15-14-34-20-8-6-17(25)12-18(20)23(31)27-9-3-4-10-29(13-22(30)28-15)24(32)16-5-7-21(33-2)19(26)11-16/h5-8,11-12,15H,3-4,9-10,13-14H2,1-2H3,(H,27,31)(H,28,30)/t15-/m0/s1. The number of nitrogens with one attached hydrogen (secondary N) is 2. The number of halogens is 2. The molecule has 0 saturated heterocycles. The second-order valence-electron chi connectivity index (χ2n) is 7.96. The third kappa shape index (κ3) is 6.60. The quantitative estimate of drug-likeness (QED) is 0.673. The first-order chi connectivity index (χ1) is 16.3. The third-order valence-electron chi connectivity index (χ3n) is 5.24. The van der Waals surface area contributed by atoms with Crippen molar-refractivity contribution < 1.29 is 28.2 Å². The van der Waals surface area contributed by atoms with Gasteiger partial charge in [-0.05, 0) is 56.2 Å². The lowest BCUT2D eigenvalue weighted by Crippen LogP contribution is -2.45. The van der Waals surface area contributed by atoms with E-state index in [4.69, 9.17) is 21.1 Å². The number of amides is 3. The number of carbonyl (C=O) groups is 3. The molecule has 0 radical (unpaired) electrons. The third-order valence-corrected chi connectivity index (χ3v) is 5.48. The van der Waals surface area contributed by atoms with Gasteiger partial charge in [-0.15, -0.1) is 0 Å². The minimum atomic E-state index is -0.663. The van der Waals surface area contributed by atoms with Crippen LogP contribution in [0.5, 0.6) is 11.5 Å². The molecule has 0 aromatic heterocycles. The summed E-state index contributed by atoms with van der Waals surface area (Å²) in [6.07, 6.45) is 1.08. The summed E-state index contributed by atoms with van der Waals surface area (Å²) < 4.78 is 24.8. The Hall–Kier alpha value is -3.33. The predicted octanol–water partition coefficient (Wildman–Crippen LogP) is 3.04. The van der Waals surface area contributed by atoms with Crippen molar-refractivity contribution in [3.63, 3.8) is 0 Å². The van der Waals surface area contributed by atoms with Gasteiger partial charge in [0.05, 0.1) is 25.3 Å². The molecule has 0 saturated carbocycles. The van der Waals surface area contributed by atoms with Gasteiger partial charge in [0.15, 0.2) is 11.6 Å². The molecule has 1 atom stereocenters. The lowest BCUT2D eigenvalue weighted by Gasteiger charge is -2.24. The number of fused-ring (bicyclic) bond motifs is 1. The van der Waals surface area contributed by atoms with Crippen LogP contribution in [0.2, 0.25) is 5.02 Å². The van der Waals surface area contributed by atoms with Crippen molar-refractivity contribution in [1.29, 1.82) is 0 Å². The van der Waals surface area contributed by atoms with E-state index in [2.05, 4.69) is 10.6 Å². The first-order valence-corrected chi connectivity index (χ1v) is 11.3. The number of ether oxygens (including phenoxy) is 2. The number of hydrogen-bond donors (Lipinski definition) is 2. The van der Waals surface area contributed by atoms with Crippen LogP contribution in [0.25, 0.3) is 0 Å². The van der Waals surface area contributed by atoms with Crippen LogP contribution in [-0.4, -0.2) is 62.0 Å². The Bertz CT molecular complexity index is 1060. The molecule has 3 rings (SSSR count). The van der Waals surface area contributed by atoms with Crippen LogP contribution in [0.1, 0.15) is 40.5 Å². The van der Waals surface area contributed by atoms with Crippen molar-refractivity contribution >= 4 is 29.3 Å². The van der Waals surface area contributed by atoms with E-state index in [1.807, 2.05) is 0 Å². The van der Waals surface area contributed by atoms with Crippen molar-refractivity contribution in [2.24, 2.45) is 0 Å². The molecule has 2 N–H and O–H groups in total. The highest BCUT2D eigenvalue weighted by molar-refractivity contribution is 6.31. The van der Waals surface area contributed by atoms with E-state index < -0.39 is 17.8 Å². The monoisotopic (exact) mass is 491 g/mol. The molecular formula is C24H27ClFN3O5. The zero-order chi connectivity index (χ0) is 24.7. The summed E-state index contributed by atoms with van der Waals surface area (Å²) in [6, 6.07) is 8.27. The molecular weight excluding hydrogens is 465 g/mol. The van der Waals surface area contributed by atoms with Crippen LogP contribution in [0.3, 0.4) is 0 Å². The Labute approximate surface area is 202 Å². The molecule has 3 amide bonds. The fourth-order valence-electron chi connectivity index (χ4n) is 3.51. The second kappa shape index (κ2) is 11.7. The van der Waals surface area contributed by atoms with Crippen molar-refractivity contribution in [2.75, 3.05) is 33.4 Å². The van der Waals surface area contributed by atoms with Crippen molar-refractivity contribution in [1.82, 2.24) is 15.5 Å². The molecule has 0 bridgehead atoms. The molecule has 182 valence electrons. The average Bonchev–Trinajstić information content (AvgIpc) is 2.81. The smallest absolute Gasteiger partial charge is 0.255 e. The number of rotatable bonds is 2. The molecule has 2 aromatic carbocycles. The summed E-state index contributed by atoms with van der Waals surface area (Å²) in [5.41, 5.74) is 0.417. The molecule has 10 heteroatoms. The molecule has 0 fully saturated rings. The van der Waals surface area contributed by atoms with Crippen LogP contribution in [0, 0.1) is 5.82 Å². The van der Waals surface area contributed by atoms with Crippen molar-refractivity contribution in [3.05, 3.63) is 58.4 Å². The molecule has 0 spiro atoms. The van der Waals surface area contributed by atoms with Crippen LogP contribution >= 0.6 is 11.6 Å². The SMILES string of the molecule is COc1ccc(C(=O)N2CCCCNC(=O)c3cc(Cl)ccc3OC[C@H](C)NC(=O)C2)cc1F. The van der Waals surface area contributed by atoms with Gasteiger partial charge in [-0.3, -0.25) is 14.4 Å². The zero-order valence-corrected chi connectivity index (χ0v) is 19.8. The molecule has 8 nitrogen and oxygen atoms in total. The Morgan fingerprint density at radius 3 is 2.74 bits per heavy atom. The summed E-state index contributed by atoms with van der Waals surface area (Å²) in [5.74, 6) is -1.46. The van der Waals surface area contributed by atoms with E-state index in [0.717, 1.165) is 6.07 Å². The lowest BCUT2D eigenvalue weighted by molar-refractivity contribution is -0.122. The fourth-order valence-corrected chi connectivity index (χ4v) is 3.69. The first-order valence-electron chi connectivity index (χ1n) is 10.9. The van der Waals surface area contributed by atoms with Crippen LogP contribution in [-0.2, 0) is 4.79 Å². The van der Waals surface area contributed by atoms with Crippen LogP contribution in [0.4, 0.5) is 4.39 Å². The summed E-state index contributed by atoms with van der Waals surface area (Å²) in [4.78, 5) is 39.7. The highest BCUT2D eigenvalue weighted by atomic mass is 35.5. The van der Waals surface area contributed by atoms with Gasteiger partial charge in [-0.1, -0.05) is 11.6 Å². The maximum Gasteiger partial charge on any atom is 0.255 e. The van der Waals surface area contributed by atoms with E-state index in [-0.39, 0.29) is 42.8 Å². The Morgan fingerprint density at radius 2 is 2.00 bits per heavy atom. The van der Waals surface area contributed by atoms with Gasteiger partial charge < -0.3 is 25.0 Å². The maximum absolute atomic E-state index is 14.1. The Kier molecular flexibility index (Phi) is 8.70. The normalized spacial score (nSPS) is 17.9. The largest absolute Gasteiger partial charge is 0.494 e. The van der Waals surface area contributed by atoms with Gasteiger partial charge in [-0.25, -0.2) is 4.39 Å². The predicted molar refractivity (Wildman–Crippen MR) is 125 cm³/mol. The van der Waals surface area contributed by atoms with E-state index in [1.54, 1.807) is 19.1 Å². The minimum absolute atomic E-state index is 0.0261. The number of nitrogens with zero attached hydrogens (tertiary/aromatic N) is 1. The summed E-state index contributed by atoms with van der Waals surface area (Å²) in [5, 5.41) is 6.02. The minimum Gasteiger partial charge on any atom is -0.494 e. The zero-order valence-electron chi connectivity index (χ0n) is 19.0. The number of methoxy groups -OCH3 is 1. The summed E-state index contributed by atoms with van der Waals surface area (Å²) >= 11 is 6.05. The first kappa shape index (κ1) is 25.3. The van der Waals surface area contributed by atoms with Crippen molar-refractivity contribution in [2.45, 2.75) is 25.8 Å². The Balaban J connectivity index is 1.76. The number of benzene rings is 2. The van der Waals surface area contributed by atoms with Crippen molar-refractivity contribution in [3.8, 4) is 11.5 Å². The van der Waals surface area contributed by atoms with Gasteiger partial charge in [-0.2, -0.15) is 0 Å². The molecule has 1 heterocycles. The van der Waals surface area contributed by atoms with Crippen LogP contribution in [0.15, 0.2) is 36.4 Å². The maximum atomic E-state index is 14.1. The summed E-state index contributed by atoms with van der Waals surface area (Å²) in [7, 11) is 1.34. The molecule has 1 aliphatic heterocycles. The van der Waals surface area contributed by atoms with Gasteiger partial charge in [0.2, 0.25) is 5.91 Å². The second-order valence-corrected chi connectivity index (χ2v) is 8.40. The summed E-state index contributed by atoms with van der Waals surface area (Å²) in [6.45, 7) is 2.26. The number of carbonyl (C=O) groups excluding carboxylic acids is 3. The lowest BCUT2D eigenvalue weighted by atomic mass is 10.1. The molecule has 2 aromatic rings. The van der Waals surface area contributed by atoms with Gasteiger partial charge in [0, 0.05) is 23.7 Å². The van der Waals surface area contributed by atoms with E-state index in [9.17, 15) is 18.8 Å². The highest BCUT2D eigenvalue weighted by Gasteiger charge is 2.22. The van der Waals surface area contributed by atoms with E-state index >= 15 is 0 Å². The van der Waals surface area contributed by atoms with Crippen LogP contribution < -0.4 is 20.1 Å². The average molecular weight is 492 g/mol. The molecule has 0 aliphatic carbocycles. The van der Waals surface area contributed by atoms with Gasteiger partial charge >= 0.3 is 0 Å². The molecule has 0 unspecified atom stereocenters. The molecule has 34 heavy (non-hydrogen) atoms. The van der Waals surface area contributed by atoms with E-state index in [0.29, 0.717) is 35.7 Å². The fraction of sp³-hybridized carbons (Fsp3) is 0.375. The molecule has 1 aliphatic rings.